The lowest BCUT2D eigenvalue weighted by atomic mass is 9.68. The number of hydrogen-bond acceptors (Lipinski definition) is 4. The highest BCUT2D eigenvalue weighted by molar-refractivity contribution is 6.13. The van der Waals surface area contributed by atoms with E-state index in [0.717, 1.165) is 101 Å². The lowest BCUT2D eigenvalue weighted by Crippen LogP contribution is -2.57. The molecule has 0 N–H and O–H groups in total. The molecule has 0 amide bonds. The van der Waals surface area contributed by atoms with Crippen molar-refractivity contribution in [3.05, 3.63) is 240 Å². The first-order valence-corrected chi connectivity index (χ1v) is 29.2. The van der Waals surface area contributed by atoms with Gasteiger partial charge in [0, 0.05) is 18.8 Å². The molecule has 13 rings (SSSR count). The van der Waals surface area contributed by atoms with Crippen LogP contribution < -0.4 is 0 Å². The van der Waals surface area contributed by atoms with Gasteiger partial charge in [0.15, 0.2) is 6.29 Å². The fraction of sp³-hybridized carbons (Fsp3) is 0.253. The van der Waals surface area contributed by atoms with Crippen molar-refractivity contribution in [3.63, 3.8) is 0 Å². The van der Waals surface area contributed by atoms with E-state index < -0.39 is 29.7 Å². The molecule has 394 valence electrons. The summed E-state index contributed by atoms with van der Waals surface area (Å²) in [4.78, 5) is 0. The first-order valence-electron chi connectivity index (χ1n) is 29.2. The highest BCUT2D eigenvalue weighted by Gasteiger charge is 2.62. The zero-order chi connectivity index (χ0) is 53.5. The molecule has 4 nitrogen and oxygen atoms in total. The van der Waals surface area contributed by atoms with Crippen LogP contribution in [-0.4, -0.2) is 31.7 Å². The first-order chi connectivity index (χ1) is 38.9. The molecule has 0 spiro atoms. The molecule has 0 aliphatic carbocycles. The summed E-state index contributed by atoms with van der Waals surface area (Å²) in [6, 6.07) is 78.7. The monoisotopic (exact) mass is 1030 g/mol. The van der Waals surface area contributed by atoms with Gasteiger partial charge in [0.2, 0.25) is 0 Å². The molecule has 0 aromatic heterocycles. The van der Waals surface area contributed by atoms with Gasteiger partial charge in [-0.1, -0.05) is 265 Å². The van der Waals surface area contributed by atoms with Crippen molar-refractivity contribution >= 4 is 86.2 Å². The highest BCUT2D eigenvalue weighted by Crippen LogP contribution is 2.57. The summed E-state index contributed by atoms with van der Waals surface area (Å²) < 4.78 is 32.3. The number of rotatable bonds is 18. The molecule has 1 heterocycles. The molecule has 12 aromatic carbocycles. The van der Waals surface area contributed by atoms with Crippen LogP contribution in [0.25, 0.3) is 86.2 Å². The van der Waals surface area contributed by atoms with Gasteiger partial charge >= 0.3 is 0 Å². The van der Waals surface area contributed by atoms with E-state index in [0.29, 0.717) is 13.2 Å². The molecule has 1 fully saturated rings. The zero-order valence-corrected chi connectivity index (χ0v) is 46.1. The summed E-state index contributed by atoms with van der Waals surface area (Å²) in [5.74, 6) is 0. The predicted molar refractivity (Wildman–Crippen MR) is 332 cm³/mol. The van der Waals surface area contributed by atoms with Crippen molar-refractivity contribution in [2.24, 2.45) is 0 Å². The largest absolute Gasteiger partial charge is 0.363 e. The lowest BCUT2D eigenvalue weighted by molar-refractivity contribution is -0.155. The normalized spacial score (nSPS) is 16.8. The van der Waals surface area contributed by atoms with Crippen LogP contribution in [0.4, 0.5) is 0 Å². The Kier molecular flexibility index (Phi) is 14.0. The van der Waals surface area contributed by atoms with Crippen LogP contribution in [0.5, 0.6) is 0 Å². The van der Waals surface area contributed by atoms with Crippen molar-refractivity contribution < 1.29 is 18.9 Å². The van der Waals surface area contributed by atoms with Crippen molar-refractivity contribution in [2.45, 2.75) is 109 Å². The summed E-state index contributed by atoms with van der Waals surface area (Å²) in [7, 11) is 0. The predicted octanol–water partition coefficient (Wildman–Crippen LogP) is 19.7. The molecular weight excluding hydrogens is 965 g/mol. The van der Waals surface area contributed by atoms with Gasteiger partial charge in [0.25, 0.3) is 0 Å². The average molecular weight is 1040 g/mol. The molecule has 0 radical (unpaired) electrons. The Morgan fingerprint density at radius 1 is 0.329 bits per heavy atom. The number of unbranched alkanes of at least 4 members (excludes halogenated alkanes) is 6. The van der Waals surface area contributed by atoms with Gasteiger partial charge in [0.1, 0.15) is 23.4 Å². The van der Waals surface area contributed by atoms with Crippen LogP contribution in [0.1, 0.15) is 100.0 Å². The van der Waals surface area contributed by atoms with Crippen LogP contribution >= 0.6 is 0 Å². The van der Waals surface area contributed by atoms with Crippen LogP contribution in [0.15, 0.2) is 212 Å². The number of benzene rings is 12. The maximum absolute atomic E-state index is 8.29. The minimum absolute atomic E-state index is 0.499. The minimum atomic E-state index is -1.29. The van der Waals surface area contributed by atoms with E-state index >= 15 is 0 Å². The van der Waals surface area contributed by atoms with E-state index in [1.807, 2.05) is 0 Å². The number of ether oxygens (including phenoxy) is 4. The number of fused-ring (bicyclic) bond motifs is 12. The summed E-state index contributed by atoms with van der Waals surface area (Å²) >= 11 is 0. The van der Waals surface area contributed by atoms with E-state index in [2.05, 4.69) is 240 Å². The number of hydrogen-bond donors (Lipinski definition) is 0. The van der Waals surface area contributed by atoms with Gasteiger partial charge in [-0.2, -0.15) is 0 Å². The molecule has 1 saturated heterocycles. The first kappa shape index (κ1) is 51.0. The molecule has 1 aliphatic rings. The Labute approximate surface area is 464 Å². The lowest BCUT2D eigenvalue weighted by Gasteiger charge is -2.48. The number of aryl methyl sites for hydroxylation is 1. The summed E-state index contributed by atoms with van der Waals surface area (Å²) in [6.45, 7) is 9.91. The van der Waals surface area contributed by atoms with Crippen LogP contribution in [0.3, 0.4) is 0 Å². The molecule has 4 heteroatoms. The van der Waals surface area contributed by atoms with Gasteiger partial charge in [-0.25, -0.2) is 0 Å². The average Bonchev–Trinajstić information content (AvgIpc) is 4.08. The Hall–Kier alpha value is -7.44. The van der Waals surface area contributed by atoms with E-state index in [1.54, 1.807) is 0 Å². The van der Waals surface area contributed by atoms with Crippen LogP contribution in [0.2, 0.25) is 0 Å². The third-order valence-corrected chi connectivity index (χ3v) is 17.5. The second kappa shape index (κ2) is 21.7. The third-order valence-electron chi connectivity index (χ3n) is 17.5. The smallest absolute Gasteiger partial charge is 0.156 e. The zero-order valence-electron chi connectivity index (χ0n) is 46.1. The van der Waals surface area contributed by atoms with Crippen LogP contribution in [0, 0.1) is 6.92 Å². The summed E-state index contributed by atoms with van der Waals surface area (Å²) in [5, 5.41) is 18.7. The van der Waals surface area contributed by atoms with E-state index in [9.17, 15) is 0 Å². The second-order valence-electron chi connectivity index (χ2n) is 22.2. The van der Waals surface area contributed by atoms with E-state index in [1.165, 1.54) is 64.6 Å². The topological polar surface area (TPSA) is 36.9 Å². The SMILES string of the molecule is CCCCCCOC(c1cccc2c1ccc1ccccc12)(c1cccc2c1ccc1ccccc12)C1O[C@@H](C)OC1[C@@](OCCCCCC)(c1cccc2c1ccc1ccccc12)c1c(C)ccc2c1ccc1ccccc12. The van der Waals surface area contributed by atoms with Crippen molar-refractivity contribution in [2.75, 3.05) is 13.2 Å². The minimum Gasteiger partial charge on any atom is -0.363 e. The maximum Gasteiger partial charge on any atom is 0.156 e. The standard InChI is InChI=1S/C75H70O4/c1-5-7-9-19-48-76-74(68-35-21-32-60-56-28-15-11-24-52(56)39-44-64(60)68,69-36-22-33-61-57-29-16-12-25-53(57)40-45-65(61)69)72-73(79-51(4)78-72)75(77-49-20-10-8-6-2,70-37-23-34-62-58-30-17-13-26-54(58)41-46-66(62)70)71-50(3)38-43-63-59-31-18-14-27-55(59)42-47-67(63)71/h11-18,21-47,51,72-73H,5-10,19-20,48-49H2,1-4H3/t51-,72?,73?,75-/m1/s1. The van der Waals surface area contributed by atoms with Gasteiger partial charge in [-0.3, -0.25) is 0 Å². The molecule has 4 atom stereocenters. The Balaban J connectivity index is 1.19. The van der Waals surface area contributed by atoms with Crippen LogP contribution in [-0.2, 0) is 30.1 Å². The summed E-state index contributed by atoms with van der Waals surface area (Å²) in [6.07, 6.45) is 6.13. The molecule has 0 saturated carbocycles. The van der Waals surface area contributed by atoms with Gasteiger partial charge in [-0.05, 0) is 135 Å². The fourth-order valence-corrected chi connectivity index (χ4v) is 13.9. The second-order valence-corrected chi connectivity index (χ2v) is 22.2. The molecule has 1 aliphatic heterocycles. The van der Waals surface area contributed by atoms with Crippen molar-refractivity contribution in [1.29, 1.82) is 0 Å². The molecule has 2 unspecified atom stereocenters. The molecule has 12 aromatic rings. The highest BCUT2D eigenvalue weighted by atomic mass is 16.7. The maximum atomic E-state index is 8.29. The third kappa shape index (κ3) is 8.67. The van der Waals surface area contributed by atoms with Gasteiger partial charge < -0.3 is 18.9 Å². The van der Waals surface area contributed by atoms with E-state index in [-0.39, 0.29) is 0 Å². The Bertz CT molecular complexity index is 4090. The van der Waals surface area contributed by atoms with Gasteiger partial charge in [0.05, 0.1) is 0 Å². The van der Waals surface area contributed by atoms with Crippen molar-refractivity contribution in [1.82, 2.24) is 0 Å². The van der Waals surface area contributed by atoms with Crippen molar-refractivity contribution in [3.8, 4) is 0 Å². The molecular formula is C75H70O4. The Morgan fingerprint density at radius 3 is 1.10 bits per heavy atom. The molecule has 0 bridgehead atoms. The molecule has 79 heavy (non-hydrogen) atoms. The summed E-state index contributed by atoms with van der Waals surface area (Å²) in [5.41, 5.74) is 2.76. The Morgan fingerprint density at radius 2 is 0.671 bits per heavy atom. The fourth-order valence-electron chi connectivity index (χ4n) is 13.9. The van der Waals surface area contributed by atoms with E-state index in [4.69, 9.17) is 18.9 Å². The van der Waals surface area contributed by atoms with Gasteiger partial charge in [-0.15, -0.1) is 0 Å². The quantitative estimate of drug-likeness (QED) is 0.0634.